The molecule has 0 aliphatic carbocycles. The molecule has 0 spiro atoms. The predicted molar refractivity (Wildman–Crippen MR) is 71.6 cm³/mol. The third kappa shape index (κ3) is 2.92. The SMILES string of the molecule is CN(c1cc(Cl)ccc1CN)C1CCOCC1. The maximum Gasteiger partial charge on any atom is 0.0485 e. The van der Waals surface area contributed by atoms with E-state index >= 15 is 0 Å². The molecule has 1 aliphatic heterocycles. The van der Waals surface area contributed by atoms with Crippen LogP contribution < -0.4 is 10.6 Å². The van der Waals surface area contributed by atoms with E-state index in [-0.39, 0.29) is 0 Å². The van der Waals surface area contributed by atoms with Crippen molar-refractivity contribution in [2.45, 2.75) is 25.4 Å². The van der Waals surface area contributed by atoms with Crippen LogP contribution in [0.4, 0.5) is 5.69 Å². The number of ether oxygens (including phenoxy) is 1. The summed E-state index contributed by atoms with van der Waals surface area (Å²) in [6.45, 7) is 2.22. The highest BCUT2D eigenvalue weighted by molar-refractivity contribution is 6.30. The summed E-state index contributed by atoms with van der Waals surface area (Å²) < 4.78 is 5.39. The Hall–Kier alpha value is -0.770. The van der Waals surface area contributed by atoms with Crippen LogP contribution >= 0.6 is 11.6 Å². The summed E-state index contributed by atoms with van der Waals surface area (Å²) in [6.07, 6.45) is 2.13. The van der Waals surface area contributed by atoms with E-state index in [0.717, 1.165) is 42.3 Å². The topological polar surface area (TPSA) is 38.5 Å². The van der Waals surface area contributed by atoms with Gasteiger partial charge in [0, 0.05) is 43.6 Å². The van der Waals surface area contributed by atoms with Crippen molar-refractivity contribution in [1.82, 2.24) is 0 Å². The molecule has 17 heavy (non-hydrogen) atoms. The van der Waals surface area contributed by atoms with E-state index in [4.69, 9.17) is 22.1 Å². The number of halogens is 1. The maximum atomic E-state index is 6.06. The van der Waals surface area contributed by atoms with Crippen molar-refractivity contribution in [2.75, 3.05) is 25.2 Å². The minimum absolute atomic E-state index is 0.521. The molecule has 1 heterocycles. The van der Waals surface area contributed by atoms with Crippen molar-refractivity contribution in [3.8, 4) is 0 Å². The molecule has 94 valence electrons. The summed E-state index contributed by atoms with van der Waals surface area (Å²) in [4.78, 5) is 2.29. The van der Waals surface area contributed by atoms with Gasteiger partial charge in [0.05, 0.1) is 0 Å². The second-order valence-electron chi connectivity index (χ2n) is 4.43. The second kappa shape index (κ2) is 5.71. The zero-order chi connectivity index (χ0) is 12.3. The van der Waals surface area contributed by atoms with E-state index in [1.54, 1.807) is 0 Å². The molecule has 1 fully saturated rings. The van der Waals surface area contributed by atoms with Gasteiger partial charge >= 0.3 is 0 Å². The van der Waals surface area contributed by atoms with Gasteiger partial charge in [0.2, 0.25) is 0 Å². The molecule has 1 aromatic rings. The molecule has 0 aromatic heterocycles. The third-order valence-corrected chi connectivity index (χ3v) is 3.62. The number of hydrogen-bond donors (Lipinski definition) is 1. The molecule has 0 saturated carbocycles. The van der Waals surface area contributed by atoms with Gasteiger partial charge in [0.1, 0.15) is 0 Å². The number of rotatable bonds is 3. The van der Waals surface area contributed by atoms with E-state index in [1.807, 2.05) is 18.2 Å². The van der Waals surface area contributed by atoms with Gasteiger partial charge in [0.25, 0.3) is 0 Å². The fourth-order valence-electron chi connectivity index (χ4n) is 2.31. The molecule has 2 N–H and O–H groups in total. The summed E-state index contributed by atoms with van der Waals surface area (Å²) in [5.41, 5.74) is 8.06. The Bertz CT molecular complexity index is 378. The van der Waals surface area contributed by atoms with Crippen LogP contribution in [-0.4, -0.2) is 26.3 Å². The molecular weight excluding hydrogens is 236 g/mol. The minimum Gasteiger partial charge on any atom is -0.381 e. The lowest BCUT2D eigenvalue weighted by Crippen LogP contribution is -2.37. The Kier molecular flexibility index (Phi) is 4.26. The monoisotopic (exact) mass is 254 g/mol. The molecule has 0 bridgehead atoms. The smallest absolute Gasteiger partial charge is 0.0485 e. The Morgan fingerprint density at radius 1 is 1.41 bits per heavy atom. The first-order valence-electron chi connectivity index (χ1n) is 6.01. The van der Waals surface area contributed by atoms with Crippen LogP contribution in [0.5, 0.6) is 0 Å². The summed E-state index contributed by atoms with van der Waals surface area (Å²) in [5, 5.41) is 0.760. The van der Waals surface area contributed by atoms with Crippen molar-refractivity contribution in [2.24, 2.45) is 5.73 Å². The van der Waals surface area contributed by atoms with E-state index in [0.29, 0.717) is 12.6 Å². The zero-order valence-corrected chi connectivity index (χ0v) is 10.9. The highest BCUT2D eigenvalue weighted by Gasteiger charge is 2.20. The third-order valence-electron chi connectivity index (χ3n) is 3.39. The van der Waals surface area contributed by atoms with Crippen LogP contribution in [0.3, 0.4) is 0 Å². The normalized spacial score (nSPS) is 17.1. The Labute approximate surface area is 107 Å². The molecule has 0 atom stereocenters. The first-order chi connectivity index (χ1) is 8.22. The number of benzene rings is 1. The van der Waals surface area contributed by atoms with Crippen LogP contribution in [0, 0.1) is 0 Å². The lowest BCUT2D eigenvalue weighted by molar-refractivity contribution is 0.0854. The second-order valence-corrected chi connectivity index (χ2v) is 4.87. The molecule has 0 radical (unpaired) electrons. The molecule has 0 amide bonds. The highest BCUT2D eigenvalue weighted by atomic mass is 35.5. The average Bonchev–Trinajstić information content (AvgIpc) is 2.39. The zero-order valence-electron chi connectivity index (χ0n) is 10.2. The lowest BCUT2D eigenvalue weighted by atomic mass is 10.0. The van der Waals surface area contributed by atoms with E-state index in [2.05, 4.69) is 11.9 Å². The summed E-state index contributed by atoms with van der Waals surface area (Å²) in [6, 6.07) is 6.42. The first kappa shape index (κ1) is 12.7. The fourth-order valence-corrected chi connectivity index (χ4v) is 2.47. The molecule has 1 saturated heterocycles. The largest absolute Gasteiger partial charge is 0.381 e. The Morgan fingerprint density at radius 3 is 2.76 bits per heavy atom. The van der Waals surface area contributed by atoms with Gasteiger partial charge in [-0.15, -0.1) is 0 Å². The van der Waals surface area contributed by atoms with Crippen molar-refractivity contribution >= 4 is 17.3 Å². The molecule has 2 rings (SSSR count). The van der Waals surface area contributed by atoms with Gasteiger partial charge in [-0.25, -0.2) is 0 Å². The Morgan fingerprint density at radius 2 is 2.12 bits per heavy atom. The molecule has 0 unspecified atom stereocenters. The lowest BCUT2D eigenvalue weighted by Gasteiger charge is -2.34. The fraction of sp³-hybridized carbons (Fsp3) is 0.538. The van der Waals surface area contributed by atoms with Crippen LogP contribution in [0.1, 0.15) is 18.4 Å². The van der Waals surface area contributed by atoms with Gasteiger partial charge in [-0.2, -0.15) is 0 Å². The number of nitrogens with two attached hydrogens (primary N) is 1. The number of nitrogens with zero attached hydrogens (tertiary/aromatic N) is 1. The molecular formula is C13H19ClN2O. The highest BCUT2D eigenvalue weighted by Crippen LogP contribution is 2.27. The molecule has 1 aromatic carbocycles. The Balaban J connectivity index is 2.21. The van der Waals surface area contributed by atoms with Gasteiger partial charge in [-0.3, -0.25) is 0 Å². The summed E-state index contributed by atoms with van der Waals surface area (Å²) in [5.74, 6) is 0. The number of anilines is 1. The van der Waals surface area contributed by atoms with Gasteiger partial charge in [-0.05, 0) is 30.5 Å². The van der Waals surface area contributed by atoms with Crippen molar-refractivity contribution in [3.63, 3.8) is 0 Å². The van der Waals surface area contributed by atoms with E-state index < -0.39 is 0 Å². The van der Waals surface area contributed by atoms with Crippen molar-refractivity contribution in [1.29, 1.82) is 0 Å². The van der Waals surface area contributed by atoms with Gasteiger partial charge < -0.3 is 15.4 Å². The van der Waals surface area contributed by atoms with Gasteiger partial charge in [-0.1, -0.05) is 17.7 Å². The van der Waals surface area contributed by atoms with Crippen LogP contribution in [0.25, 0.3) is 0 Å². The summed E-state index contributed by atoms with van der Waals surface area (Å²) >= 11 is 6.06. The van der Waals surface area contributed by atoms with E-state index in [1.165, 1.54) is 0 Å². The van der Waals surface area contributed by atoms with Crippen molar-refractivity contribution in [3.05, 3.63) is 28.8 Å². The minimum atomic E-state index is 0.521. The maximum absolute atomic E-state index is 6.06. The summed E-state index contributed by atoms with van der Waals surface area (Å²) in [7, 11) is 2.11. The number of hydrogen-bond acceptors (Lipinski definition) is 3. The molecule has 1 aliphatic rings. The van der Waals surface area contributed by atoms with Crippen LogP contribution in [0.15, 0.2) is 18.2 Å². The van der Waals surface area contributed by atoms with Gasteiger partial charge in [0.15, 0.2) is 0 Å². The quantitative estimate of drug-likeness (QED) is 0.900. The first-order valence-corrected chi connectivity index (χ1v) is 6.39. The van der Waals surface area contributed by atoms with Crippen molar-refractivity contribution < 1.29 is 4.74 Å². The molecule has 4 heteroatoms. The standard InChI is InChI=1S/C13H19ClN2O/c1-16(12-4-6-17-7-5-12)13-8-11(14)3-2-10(13)9-15/h2-3,8,12H,4-7,9,15H2,1H3. The molecule has 3 nitrogen and oxygen atoms in total. The van der Waals surface area contributed by atoms with Crippen LogP contribution in [-0.2, 0) is 11.3 Å². The predicted octanol–water partition coefficient (Wildman–Crippen LogP) is 2.41. The van der Waals surface area contributed by atoms with E-state index in [9.17, 15) is 0 Å². The van der Waals surface area contributed by atoms with Crippen LogP contribution in [0.2, 0.25) is 5.02 Å². The average molecular weight is 255 g/mol.